The number of carbonyl (C=O) groups is 1. The minimum Gasteiger partial charge on any atom is -0.347 e. The van der Waals surface area contributed by atoms with E-state index in [0.717, 1.165) is 29.0 Å². The molecule has 0 aliphatic carbocycles. The van der Waals surface area contributed by atoms with Gasteiger partial charge in [0, 0.05) is 41.2 Å². The summed E-state index contributed by atoms with van der Waals surface area (Å²) in [5.74, 6) is 1.09. The van der Waals surface area contributed by atoms with Gasteiger partial charge >= 0.3 is 0 Å². The van der Waals surface area contributed by atoms with Gasteiger partial charge in [-0.05, 0) is 62.2 Å². The van der Waals surface area contributed by atoms with Gasteiger partial charge in [0.05, 0.1) is 11.3 Å². The summed E-state index contributed by atoms with van der Waals surface area (Å²) >= 11 is 0. The van der Waals surface area contributed by atoms with Crippen LogP contribution in [0.3, 0.4) is 0 Å². The molecule has 148 valence electrons. The maximum atomic E-state index is 12.6. The fraction of sp³-hybridized carbons (Fsp3) is 0.261. The number of aryl methyl sites for hydroxylation is 2. The van der Waals surface area contributed by atoms with E-state index < -0.39 is 0 Å². The molecule has 3 aromatic heterocycles. The lowest BCUT2D eigenvalue weighted by Crippen LogP contribution is -2.13. The molecule has 1 amide bonds. The van der Waals surface area contributed by atoms with Gasteiger partial charge < -0.3 is 9.88 Å². The number of nitrogens with one attached hydrogen (secondary N) is 1. The smallest absolute Gasteiger partial charge is 0.257 e. The van der Waals surface area contributed by atoms with E-state index in [1.807, 2.05) is 38.1 Å². The van der Waals surface area contributed by atoms with Gasteiger partial charge in [-0.1, -0.05) is 13.8 Å². The van der Waals surface area contributed by atoms with Crippen LogP contribution < -0.4 is 5.32 Å². The fourth-order valence-electron chi connectivity index (χ4n) is 3.54. The minimum atomic E-state index is -0.182. The number of amides is 1. The summed E-state index contributed by atoms with van der Waals surface area (Å²) in [6, 6.07) is 13.6. The molecule has 0 radical (unpaired) electrons. The van der Waals surface area contributed by atoms with Gasteiger partial charge in [-0.3, -0.25) is 4.79 Å². The van der Waals surface area contributed by atoms with Crippen LogP contribution in [0.15, 0.2) is 54.9 Å². The van der Waals surface area contributed by atoms with Gasteiger partial charge in [-0.25, -0.2) is 9.67 Å². The van der Waals surface area contributed by atoms with E-state index in [4.69, 9.17) is 0 Å². The molecule has 0 spiro atoms. The number of anilines is 1. The number of benzene rings is 1. The van der Waals surface area contributed by atoms with Crippen molar-refractivity contribution in [2.75, 3.05) is 5.32 Å². The lowest BCUT2D eigenvalue weighted by atomic mass is 10.2. The number of aromatic nitrogens is 4. The Balaban J connectivity index is 1.51. The van der Waals surface area contributed by atoms with Gasteiger partial charge in [0.2, 0.25) is 0 Å². The first-order valence-corrected chi connectivity index (χ1v) is 9.80. The molecule has 6 nitrogen and oxygen atoms in total. The van der Waals surface area contributed by atoms with E-state index in [9.17, 15) is 4.79 Å². The molecule has 0 fully saturated rings. The van der Waals surface area contributed by atoms with E-state index >= 15 is 0 Å². The predicted molar refractivity (Wildman–Crippen MR) is 116 cm³/mol. The third-order valence-electron chi connectivity index (χ3n) is 4.83. The van der Waals surface area contributed by atoms with Crippen molar-refractivity contribution in [3.05, 3.63) is 71.8 Å². The van der Waals surface area contributed by atoms with E-state index in [1.165, 1.54) is 5.52 Å². The van der Waals surface area contributed by atoms with Crippen LogP contribution in [0.5, 0.6) is 0 Å². The normalized spacial score (nSPS) is 11.3. The number of carbonyl (C=O) groups excluding carboxylic acids is 1. The summed E-state index contributed by atoms with van der Waals surface area (Å²) in [6.07, 6.45) is 3.68. The zero-order valence-corrected chi connectivity index (χ0v) is 17.2. The third kappa shape index (κ3) is 3.92. The highest BCUT2D eigenvalue weighted by molar-refractivity contribution is 6.05. The monoisotopic (exact) mass is 387 g/mol. The Morgan fingerprint density at radius 3 is 2.59 bits per heavy atom. The molecule has 1 N–H and O–H groups in total. The summed E-state index contributed by atoms with van der Waals surface area (Å²) in [5.41, 5.74) is 4.39. The molecule has 0 bridgehead atoms. The molecule has 3 heterocycles. The predicted octanol–water partition coefficient (Wildman–Crippen LogP) is 4.75. The molecule has 0 aliphatic rings. The first kappa shape index (κ1) is 18.9. The maximum absolute atomic E-state index is 12.6. The highest BCUT2D eigenvalue weighted by atomic mass is 16.1. The molecule has 4 aromatic rings. The summed E-state index contributed by atoms with van der Waals surface area (Å²) in [6.45, 7) is 9.30. The number of pyridine rings is 1. The number of hydrogen-bond donors (Lipinski definition) is 1. The van der Waals surface area contributed by atoms with Gasteiger partial charge in [0.15, 0.2) is 5.82 Å². The standard InChI is InChI=1S/C23H25N5O/c1-15(2)14-27-10-9-18-12-20(6-7-21(18)27)25-23(29)19-5-8-22(24-13-19)28-17(4)11-16(3)26-28/h5-13,15H,14H2,1-4H3,(H,25,29). The molecular formula is C23H25N5O. The average molecular weight is 387 g/mol. The fourth-order valence-corrected chi connectivity index (χ4v) is 3.54. The molecule has 6 heteroatoms. The van der Waals surface area contributed by atoms with Crippen molar-refractivity contribution in [1.29, 1.82) is 0 Å². The average Bonchev–Trinajstić information content (AvgIpc) is 3.23. The van der Waals surface area contributed by atoms with E-state index in [1.54, 1.807) is 16.9 Å². The quantitative estimate of drug-likeness (QED) is 0.538. The summed E-state index contributed by atoms with van der Waals surface area (Å²) in [4.78, 5) is 17.0. The van der Waals surface area contributed by atoms with E-state index in [0.29, 0.717) is 17.3 Å². The SMILES string of the molecule is Cc1cc(C)n(-c2ccc(C(=O)Nc3ccc4c(ccn4CC(C)C)c3)cn2)n1. The van der Waals surface area contributed by atoms with Gasteiger partial charge in [0.25, 0.3) is 5.91 Å². The number of rotatable bonds is 5. The van der Waals surface area contributed by atoms with Crippen LogP contribution in [0.4, 0.5) is 5.69 Å². The van der Waals surface area contributed by atoms with Gasteiger partial charge in [-0.15, -0.1) is 0 Å². The molecule has 0 saturated heterocycles. The Morgan fingerprint density at radius 1 is 1.10 bits per heavy atom. The van der Waals surface area contributed by atoms with Crippen molar-refractivity contribution in [2.45, 2.75) is 34.2 Å². The van der Waals surface area contributed by atoms with Crippen LogP contribution >= 0.6 is 0 Å². The maximum Gasteiger partial charge on any atom is 0.257 e. The lowest BCUT2D eigenvalue weighted by molar-refractivity contribution is 0.102. The van der Waals surface area contributed by atoms with Gasteiger partial charge in [-0.2, -0.15) is 5.10 Å². The second kappa shape index (κ2) is 7.54. The van der Waals surface area contributed by atoms with Crippen LogP contribution in [0.2, 0.25) is 0 Å². The zero-order chi connectivity index (χ0) is 20.5. The van der Waals surface area contributed by atoms with Crippen molar-refractivity contribution >= 4 is 22.5 Å². The van der Waals surface area contributed by atoms with Crippen LogP contribution in [0.25, 0.3) is 16.7 Å². The van der Waals surface area contributed by atoms with Crippen molar-refractivity contribution in [3.8, 4) is 5.82 Å². The topological polar surface area (TPSA) is 64.7 Å². The first-order chi connectivity index (χ1) is 13.9. The molecule has 0 saturated carbocycles. The van der Waals surface area contributed by atoms with E-state index in [2.05, 4.69) is 52.1 Å². The van der Waals surface area contributed by atoms with Crippen LogP contribution in [0, 0.1) is 19.8 Å². The van der Waals surface area contributed by atoms with Gasteiger partial charge in [0.1, 0.15) is 0 Å². The van der Waals surface area contributed by atoms with Crippen LogP contribution in [0.1, 0.15) is 35.6 Å². The van der Waals surface area contributed by atoms with Crippen LogP contribution in [-0.2, 0) is 6.54 Å². The summed E-state index contributed by atoms with van der Waals surface area (Å²) < 4.78 is 4.01. The largest absolute Gasteiger partial charge is 0.347 e. The van der Waals surface area contributed by atoms with E-state index in [-0.39, 0.29) is 5.91 Å². The Morgan fingerprint density at radius 2 is 1.93 bits per heavy atom. The molecule has 1 aromatic carbocycles. The Bertz CT molecular complexity index is 1170. The number of hydrogen-bond acceptors (Lipinski definition) is 3. The molecule has 0 unspecified atom stereocenters. The second-order valence-electron chi connectivity index (χ2n) is 7.83. The third-order valence-corrected chi connectivity index (χ3v) is 4.83. The molecule has 0 atom stereocenters. The first-order valence-electron chi connectivity index (χ1n) is 9.80. The zero-order valence-electron chi connectivity index (χ0n) is 17.2. The minimum absolute atomic E-state index is 0.182. The summed E-state index contributed by atoms with van der Waals surface area (Å²) in [7, 11) is 0. The summed E-state index contributed by atoms with van der Waals surface area (Å²) in [5, 5.41) is 8.50. The second-order valence-corrected chi connectivity index (χ2v) is 7.83. The Hall–Kier alpha value is -3.41. The lowest BCUT2D eigenvalue weighted by Gasteiger charge is -2.10. The van der Waals surface area contributed by atoms with Crippen molar-refractivity contribution in [1.82, 2.24) is 19.3 Å². The molecule has 4 rings (SSSR count). The highest BCUT2D eigenvalue weighted by Gasteiger charge is 2.11. The highest BCUT2D eigenvalue weighted by Crippen LogP contribution is 2.22. The van der Waals surface area contributed by atoms with Crippen molar-refractivity contribution in [3.63, 3.8) is 0 Å². The molecule has 29 heavy (non-hydrogen) atoms. The Labute approximate surface area is 170 Å². The van der Waals surface area contributed by atoms with Crippen molar-refractivity contribution in [2.24, 2.45) is 5.92 Å². The number of fused-ring (bicyclic) bond motifs is 1. The Kier molecular flexibility index (Phi) is 4.92. The number of nitrogens with zero attached hydrogens (tertiary/aromatic N) is 4. The van der Waals surface area contributed by atoms with Crippen molar-refractivity contribution < 1.29 is 4.79 Å². The molecular weight excluding hydrogens is 362 g/mol. The van der Waals surface area contributed by atoms with Crippen LogP contribution in [-0.4, -0.2) is 25.2 Å². The molecule has 0 aliphatic heterocycles.